The minimum Gasteiger partial charge on any atom is -0.465 e. The zero-order valence-corrected chi connectivity index (χ0v) is 12.5. The number of halogens is 1. The van der Waals surface area contributed by atoms with Crippen molar-refractivity contribution in [2.75, 3.05) is 12.4 Å². The number of benzene rings is 2. The van der Waals surface area contributed by atoms with Crippen molar-refractivity contribution < 1.29 is 9.53 Å². The number of fused-ring (bicyclic) bond motifs is 1. The molecule has 21 heavy (non-hydrogen) atoms. The number of rotatable bonds is 3. The highest BCUT2D eigenvalue weighted by Gasteiger charge is 2.21. The van der Waals surface area contributed by atoms with Crippen LogP contribution in [-0.2, 0) is 17.6 Å². The van der Waals surface area contributed by atoms with Gasteiger partial charge in [-0.2, -0.15) is 0 Å². The molecule has 1 aliphatic rings. The number of carbonyl (C=O) groups is 1. The van der Waals surface area contributed by atoms with Crippen LogP contribution in [0.5, 0.6) is 0 Å². The van der Waals surface area contributed by atoms with E-state index in [4.69, 9.17) is 16.3 Å². The van der Waals surface area contributed by atoms with Crippen molar-refractivity contribution in [2.24, 2.45) is 0 Å². The number of esters is 1. The summed E-state index contributed by atoms with van der Waals surface area (Å²) in [6, 6.07) is 13.8. The monoisotopic (exact) mass is 301 g/mol. The molecular formula is C17H16ClNO2. The number of carbonyl (C=O) groups excluding carboxylic acids is 1. The molecule has 2 aromatic carbocycles. The average Bonchev–Trinajstić information content (AvgIpc) is 2.88. The van der Waals surface area contributed by atoms with E-state index < -0.39 is 0 Å². The summed E-state index contributed by atoms with van der Waals surface area (Å²) in [7, 11) is 1.38. The van der Waals surface area contributed by atoms with E-state index in [0.29, 0.717) is 11.6 Å². The number of nitrogens with one attached hydrogen (secondary N) is 1. The van der Waals surface area contributed by atoms with Gasteiger partial charge in [0, 0.05) is 16.8 Å². The number of anilines is 1. The van der Waals surface area contributed by atoms with Gasteiger partial charge in [0.05, 0.1) is 12.7 Å². The first-order valence-corrected chi connectivity index (χ1v) is 7.26. The van der Waals surface area contributed by atoms with Crippen LogP contribution in [0.15, 0.2) is 42.5 Å². The molecule has 1 aliphatic carbocycles. The van der Waals surface area contributed by atoms with Gasteiger partial charge in [-0.05, 0) is 60.4 Å². The summed E-state index contributed by atoms with van der Waals surface area (Å²) in [5.41, 5.74) is 4.23. The Hall–Kier alpha value is -2.00. The lowest BCUT2D eigenvalue weighted by atomic mass is 10.1. The number of ether oxygens (including phenoxy) is 1. The zero-order valence-electron chi connectivity index (χ0n) is 11.7. The highest BCUT2D eigenvalue weighted by atomic mass is 35.5. The summed E-state index contributed by atoms with van der Waals surface area (Å²) in [5.74, 6) is -0.315. The van der Waals surface area contributed by atoms with Crippen LogP contribution in [0.2, 0.25) is 5.02 Å². The molecule has 3 nitrogen and oxygen atoms in total. The fourth-order valence-corrected chi connectivity index (χ4v) is 2.94. The lowest BCUT2D eigenvalue weighted by Crippen LogP contribution is -2.19. The summed E-state index contributed by atoms with van der Waals surface area (Å²) in [6.45, 7) is 0. The van der Waals surface area contributed by atoms with Gasteiger partial charge in [-0.1, -0.05) is 17.7 Å². The van der Waals surface area contributed by atoms with Crippen molar-refractivity contribution in [3.8, 4) is 0 Å². The van der Waals surface area contributed by atoms with E-state index >= 15 is 0 Å². The summed E-state index contributed by atoms with van der Waals surface area (Å²) in [6.07, 6.45) is 1.96. The van der Waals surface area contributed by atoms with Crippen LogP contribution in [0.25, 0.3) is 0 Å². The molecule has 4 heteroatoms. The molecule has 0 saturated heterocycles. The van der Waals surface area contributed by atoms with E-state index in [1.807, 2.05) is 24.3 Å². The van der Waals surface area contributed by atoms with Crippen molar-refractivity contribution >= 4 is 23.3 Å². The Balaban J connectivity index is 1.67. The van der Waals surface area contributed by atoms with E-state index in [0.717, 1.165) is 23.6 Å². The zero-order chi connectivity index (χ0) is 14.8. The molecule has 0 fully saturated rings. The highest BCUT2D eigenvalue weighted by Crippen LogP contribution is 2.27. The quantitative estimate of drug-likeness (QED) is 0.878. The van der Waals surface area contributed by atoms with Crippen molar-refractivity contribution in [1.82, 2.24) is 0 Å². The fourth-order valence-electron chi connectivity index (χ4n) is 2.74. The lowest BCUT2D eigenvalue weighted by molar-refractivity contribution is 0.0601. The SMILES string of the molecule is COC(=O)c1ccc(NC2Cc3ccc(Cl)cc3C2)cc1. The molecule has 0 aromatic heterocycles. The van der Waals surface area contributed by atoms with Gasteiger partial charge < -0.3 is 10.1 Å². The molecule has 0 radical (unpaired) electrons. The summed E-state index contributed by atoms with van der Waals surface area (Å²) in [5, 5.41) is 4.28. The minimum atomic E-state index is -0.315. The van der Waals surface area contributed by atoms with E-state index in [2.05, 4.69) is 11.4 Å². The summed E-state index contributed by atoms with van der Waals surface area (Å²) in [4.78, 5) is 11.4. The van der Waals surface area contributed by atoms with Crippen LogP contribution in [0.4, 0.5) is 5.69 Å². The van der Waals surface area contributed by atoms with Crippen LogP contribution >= 0.6 is 11.6 Å². The number of hydrogen-bond acceptors (Lipinski definition) is 3. The second-order valence-electron chi connectivity index (χ2n) is 5.23. The Morgan fingerprint density at radius 2 is 1.86 bits per heavy atom. The van der Waals surface area contributed by atoms with Gasteiger partial charge in [-0.15, -0.1) is 0 Å². The molecular weight excluding hydrogens is 286 g/mol. The van der Waals surface area contributed by atoms with Crippen LogP contribution in [0, 0.1) is 0 Å². The average molecular weight is 302 g/mol. The highest BCUT2D eigenvalue weighted by molar-refractivity contribution is 6.30. The molecule has 0 heterocycles. The van der Waals surface area contributed by atoms with Crippen molar-refractivity contribution in [3.05, 3.63) is 64.2 Å². The Bertz CT molecular complexity index is 667. The first-order valence-electron chi connectivity index (χ1n) is 6.88. The second kappa shape index (κ2) is 5.78. The van der Waals surface area contributed by atoms with Crippen LogP contribution in [0.3, 0.4) is 0 Å². The van der Waals surface area contributed by atoms with Gasteiger partial charge in [0.15, 0.2) is 0 Å². The third-order valence-corrected chi connectivity index (χ3v) is 4.01. The summed E-state index contributed by atoms with van der Waals surface area (Å²) < 4.78 is 4.69. The first kappa shape index (κ1) is 14.0. The van der Waals surface area contributed by atoms with E-state index in [1.54, 1.807) is 12.1 Å². The van der Waals surface area contributed by atoms with Crippen LogP contribution < -0.4 is 5.32 Å². The van der Waals surface area contributed by atoms with Gasteiger partial charge in [0.25, 0.3) is 0 Å². The normalized spacial score (nSPS) is 16.4. The maximum absolute atomic E-state index is 11.4. The number of methoxy groups -OCH3 is 1. The molecule has 0 amide bonds. The molecule has 0 spiro atoms. The topological polar surface area (TPSA) is 38.3 Å². The molecule has 1 unspecified atom stereocenters. The minimum absolute atomic E-state index is 0.315. The second-order valence-corrected chi connectivity index (χ2v) is 5.67. The molecule has 1 atom stereocenters. The Morgan fingerprint density at radius 1 is 1.14 bits per heavy atom. The number of hydrogen-bond donors (Lipinski definition) is 1. The van der Waals surface area contributed by atoms with Crippen molar-refractivity contribution in [1.29, 1.82) is 0 Å². The fraction of sp³-hybridized carbons (Fsp3) is 0.235. The summed E-state index contributed by atoms with van der Waals surface area (Å²) >= 11 is 6.03. The molecule has 0 saturated carbocycles. The predicted octanol–water partition coefficient (Wildman–Crippen LogP) is 3.71. The van der Waals surface area contributed by atoms with Gasteiger partial charge in [0.2, 0.25) is 0 Å². The standard InChI is InChI=1S/C17H16ClNO2/c1-21-17(20)11-3-6-15(7-4-11)19-16-9-12-2-5-14(18)8-13(12)10-16/h2-8,16,19H,9-10H2,1H3. The maximum Gasteiger partial charge on any atom is 0.337 e. The van der Waals surface area contributed by atoms with Crippen LogP contribution in [-0.4, -0.2) is 19.1 Å². The molecule has 0 aliphatic heterocycles. The molecule has 3 rings (SSSR count). The van der Waals surface area contributed by atoms with Gasteiger partial charge in [-0.25, -0.2) is 4.79 Å². The van der Waals surface area contributed by atoms with Gasteiger partial charge in [0.1, 0.15) is 0 Å². The predicted molar refractivity (Wildman–Crippen MR) is 84.1 cm³/mol. The first-order chi connectivity index (χ1) is 10.2. The molecule has 0 bridgehead atoms. The molecule has 2 aromatic rings. The molecule has 1 N–H and O–H groups in total. The van der Waals surface area contributed by atoms with E-state index in [-0.39, 0.29) is 5.97 Å². The molecule has 108 valence electrons. The largest absolute Gasteiger partial charge is 0.465 e. The Labute approximate surface area is 128 Å². The third-order valence-electron chi connectivity index (χ3n) is 3.78. The van der Waals surface area contributed by atoms with E-state index in [9.17, 15) is 4.79 Å². The smallest absolute Gasteiger partial charge is 0.337 e. The van der Waals surface area contributed by atoms with Crippen LogP contribution in [0.1, 0.15) is 21.5 Å². The van der Waals surface area contributed by atoms with Gasteiger partial charge in [-0.3, -0.25) is 0 Å². The third kappa shape index (κ3) is 3.03. The van der Waals surface area contributed by atoms with Crippen molar-refractivity contribution in [2.45, 2.75) is 18.9 Å². The maximum atomic E-state index is 11.4. The Kier molecular flexibility index (Phi) is 3.84. The van der Waals surface area contributed by atoms with Crippen molar-refractivity contribution in [3.63, 3.8) is 0 Å². The lowest BCUT2D eigenvalue weighted by Gasteiger charge is -2.13. The van der Waals surface area contributed by atoms with Gasteiger partial charge >= 0.3 is 5.97 Å². The Morgan fingerprint density at radius 3 is 2.57 bits per heavy atom. The van der Waals surface area contributed by atoms with E-state index in [1.165, 1.54) is 18.2 Å².